The first-order chi connectivity index (χ1) is 13.7. The summed E-state index contributed by atoms with van der Waals surface area (Å²) >= 11 is 0. The van der Waals surface area contributed by atoms with Crippen molar-refractivity contribution in [3.8, 4) is 0 Å². The topological polar surface area (TPSA) is 65.5 Å². The van der Waals surface area contributed by atoms with Crippen LogP contribution in [0.5, 0.6) is 0 Å². The van der Waals surface area contributed by atoms with Gasteiger partial charge in [-0.1, -0.05) is 60.7 Å². The van der Waals surface area contributed by atoms with Crippen LogP contribution in [0.15, 0.2) is 65.7 Å². The molecule has 1 saturated carbocycles. The Kier molecular flexibility index (Phi) is 9.44. The lowest BCUT2D eigenvalue weighted by molar-refractivity contribution is -0.121. The van der Waals surface area contributed by atoms with E-state index in [1.54, 1.807) is 0 Å². The van der Waals surface area contributed by atoms with Gasteiger partial charge in [-0.2, -0.15) is 0 Å². The summed E-state index contributed by atoms with van der Waals surface area (Å²) < 4.78 is 0. The molecule has 1 aliphatic rings. The number of hydrogen-bond donors (Lipinski definition) is 3. The molecule has 0 saturated heterocycles. The van der Waals surface area contributed by atoms with E-state index in [9.17, 15) is 4.79 Å². The van der Waals surface area contributed by atoms with E-state index in [1.165, 1.54) is 18.4 Å². The lowest BCUT2D eigenvalue weighted by Crippen LogP contribution is -2.39. The molecule has 29 heavy (non-hydrogen) atoms. The third-order valence-electron chi connectivity index (χ3n) is 5.10. The Balaban J connectivity index is 0.00000300. The lowest BCUT2D eigenvalue weighted by Gasteiger charge is -2.16. The zero-order chi connectivity index (χ0) is 19.7. The zero-order valence-corrected chi connectivity index (χ0v) is 19.3. The van der Waals surface area contributed by atoms with Crippen molar-refractivity contribution in [2.24, 2.45) is 4.99 Å². The largest absolute Gasteiger partial charge is 0.357 e. The smallest absolute Gasteiger partial charge is 0.222 e. The summed E-state index contributed by atoms with van der Waals surface area (Å²) in [6.07, 6.45) is 2.78. The highest BCUT2D eigenvalue weighted by Gasteiger charge is 2.43. The van der Waals surface area contributed by atoms with Gasteiger partial charge in [0, 0.05) is 31.5 Å². The van der Waals surface area contributed by atoms with Crippen LogP contribution in [0.1, 0.15) is 37.3 Å². The number of guanidine groups is 1. The standard InChI is InChI=1S/C23H30N4O.HI/c1-2-24-22(27-18-23(14-15-23)20-11-7-4-8-12-20)25-16-13-21(28)26-17-19-9-5-3-6-10-19;/h3-12H,2,13-18H2,1H3,(H,26,28)(H2,24,25,27);1H. The third-order valence-corrected chi connectivity index (χ3v) is 5.10. The van der Waals surface area contributed by atoms with Gasteiger partial charge in [0.1, 0.15) is 0 Å². The van der Waals surface area contributed by atoms with Gasteiger partial charge in [-0.25, -0.2) is 0 Å². The highest BCUT2D eigenvalue weighted by molar-refractivity contribution is 14.0. The van der Waals surface area contributed by atoms with Crippen LogP contribution in [-0.2, 0) is 16.8 Å². The van der Waals surface area contributed by atoms with E-state index in [0.717, 1.165) is 24.6 Å². The van der Waals surface area contributed by atoms with Crippen LogP contribution < -0.4 is 16.0 Å². The Morgan fingerprint density at radius 2 is 1.62 bits per heavy atom. The molecule has 0 heterocycles. The second kappa shape index (κ2) is 11.8. The van der Waals surface area contributed by atoms with E-state index in [1.807, 2.05) is 37.3 Å². The van der Waals surface area contributed by atoms with Crippen molar-refractivity contribution in [3.05, 3.63) is 71.8 Å². The number of aliphatic imine (C=N–C) groups is 1. The van der Waals surface area contributed by atoms with E-state index >= 15 is 0 Å². The number of halogens is 1. The molecule has 2 aromatic rings. The molecule has 0 unspecified atom stereocenters. The van der Waals surface area contributed by atoms with Crippen molar-refractivity contribution in [2.75, 3.05) is 19.6 Å². The highest BCUT2D eigenvalue weighted by atomic mass is 127. The average Bonchev–Trinajstić information content (AvgIpc) is 3.53. The van der Waals surface area contributed by atoms with E-state index in [0.29, 0.717) is 19.5 Å². The summed E-state index contributed by atoms with van der Waals surface area (Å²) in [7, 11) is 0. The number of rotatable bonds is 9. The zero-order valence-electron chi connectivity index (χ0n) is 17.0. The van der Waals surface area contributed by atoms with Crippen LogP contribution in [0, 0.1) is 0 Å². The van der Waals surface area contributed by atoms with Crippen LogP contribution >= 0.6 is 24.0 Å². The van der Waals surface area contributed by atoms with Crippen molar-refractivity contribution in [2.45, 2.75) is 38.1 Å². The number of carbonyl (C=O) groups excluding carboxylic acids is 1. The lowest BCUT2D eigenvalue weighted by atomic mass is 9.96. The molecule has 1 fully saturated rings. The minimum atomic E-state index is 0. The fourth-order valence-electron chi connectivity index (χ4n) is 3.23. The van der Waals surface area contributed by atoms with Gasteiger partial charge in [0.2, 0.25) is 5.91 Å². The summed E-state index contributed by atoms with van der Waals surface area (Å²) in [5, 5.41) is 9.51. The molecule has 1 aliphatic carbocycles. The Bertz CT molecular complexity index is 776. The summed E-state index contributed by atoms with van der Waals surface area (Å²) in [6, 6.07) is 20.6. The van der Waals surface area contributed by atoms with E-state index < -0.39 is 0 Å². The summed E-state index contributed by atoms with van der Waals surface area (Å²) in [5.74, 6) is 0.815. The van der Waals surface area contributed by atoms with Gasteiger partial charge < -0.3 is 16.0 Å². The first-order valence-electron chi connectivity index (χ1n) is 10.1. The van der Waals surface area contributed by atoms with Crippen LogP contribution in [0.4, 0.5) is 0 Å². The maximum atomic E-state index is 12.1. The van der Waals surface area contributed by atoms with Crippen molar-refractivity contribution >= 4 is 35.8 Å². The maximum Gasteiger partial charge on any atom is 0.222 e. The van der Waals surface area contributed by atoms with Crippen molar-refractivity contribution < 1.29 is 4.79 Å². The fourth-order valence-corrected chi connectivity index (χ4v) is 3.23. The fraction of sp³-hybridized carbons (Fsp3) is 0.391. The Labute approximate surface area is 190 Å². The maximum absolute atomic E-state index is 12.1. The molecule has 3 N–H and O–H groups in total. The second-order valence-corrected chi connectivity index (χ2v) is 7.28. The first kappa shape index (κ1) is 23.2. The van der Waals surface area contributed by atoms with Crippen LogP contribution in [-0.4, -0.2) is 31.5 Å². The van der Waals surface area contributed by atoms with Gasteiger partial charge in [0.05, 0.1) is 6.54 Å². The van der Waals surface area contributed by atoms with Gasteiger partial charge in [0.25, 0.3) is 0 Å². The predicted octanol–water partition coefficient (Wildman–Crippen LogP) is 3.60. The molecule has 6 heteroatoms. The number of benzene rings is 2. The molecule has 156 valence electrons. The normalized spacial score (nSPS) is 14.4. The Morgan fingerprint density at radius 1 is 0.966 bits per heavy atom. The van der Waals surface area contributed by atoms with Gasteiger partial charge in [-0.3, -0.25) is 9.79 Å². The summed E-state index contributed by atoms with van der Waals surface area (Å²) in [5.41, 5.74) is 2.67. The molecule has 1 amide bonds. The number of nitrogens with one attached hydrogen (secondary N) is 3. The molecule has 0 atom stereocenters. The summed E-state index contributed by atoms with van der Waals surface area (Å²) in [6.45, 7) is 4.74. The minimum Gasteiger partial charge on any atom is -0.357 e. The summed E-state index contributed by atoms with van der Waals surface area (Å²) in [4.78, 5) is 16.8. The molecule has 0 aliphatic heterocycles. The Hall–Kier alpha value is -2.09. The van der Waals surface area contributed by atoms with E-state index in [4.69, 9.17) is 4.99 Å². The monoisotopic (exact) mass is 506 g/mol. The van der Waals surface area contributed by atoms with Crippen LogP contribution in [0.25, 0.3) is 0 Å². The molecule has 0 aromatic heterocycles. The number of amides is 1. The minimum absolute atomic E-state index is 0. The molecule has 0 spiro atoms. The second-order valence-electron chi connectivity index (χ2n) is 7.28. The quantitative estimate of drug-likeness (QED) is 0.277. The number of carbonyl (C=O) groups is 1. The van der Waals surface area contributed by atoms with E-state index in [-0.39, 0.29) is 35.3 Å². The number of hydrogen-bond acceptors (Lipinski definition) is 2. The van der Waals surface area contributed by atoms with Gasteiger partial charge in [-0.05, 0) is 30.9 Å². The van der Waals surface area contributed by atoms with Crippen molar-refractivity contribution in [1.82, 2.24) is 16.0 Å². The van der Waals surface area contributed by atoms with Crippen LogP contribution in [0.3, 0.4) is 0 Å². The van der Waals surface area contributed by atoms with Crippen molar-refractivity contribution in [3.63, 3.8) is 0 Å². The molecule has 2 aromatic carbocycles. The Morgan fingerprint density at radius 3 is 2.24 bits per heavy atom. The average molecular weight is 506 g/mol. The molecular weight excluding hydrogens is 475 g/mol. The van der Waals surface area contributed by atoms with Gasteiger partial charge in [0.15, 0.2) is 5.96 Å². The van der Waals surface area contributed by atoms with Gasteiger partial charge >= 0.3 is 0 Å². The van der Waals surface area contributed by atoms with Crippen LogP contribution in [0.2, 0.25) is 0 Å². The van der Waals surface area contributed by atoms with Gasteiger partial charge in [-0.15, -0.1) is 24.0 Å². The SMILES string of the molecule is CCNC(=NCC1(c2ccccc2)CC1)NCCC(=O)NCc1ccccc1.I. The molecule has 0 bridgehead atoms. The highest BCUT2D eigenvalue weighted by Crippen LogP contribution is 2.48. The molecular formula is C23H31IN4O. The molecule has 5 nitrogen and oxygen atoms in total. The van der Waals surface area contributed by atoms with E-state index in [2.05, 4.69) is 46.3 Å². The number of nitrogens with zero attached hydrogens (tertiary/aromatic N) is 1. The first-order valence-corrected chi connectivity index (χ1v) is 10.1. The third kappa shape index (κ3) is 7.34. The van der Waals surface area contributed by atoms with Crippen molar-refractivity contribution in [1.29, 1.82) is 0 Å². The molecule has 3 rings (SSSR count). The predicted molar refractivity (Wildman–Crippen MR) is 130 cm³/mol. The molecule has 0 radical (unpaired) electrons.